The molecule has 3 heterocycles. The van der Waals surface area contributed by atoms with E-state index in [1.54, 1.807) is 0 Å². The van der Waals surface area contributed by atoms with Crippen LogP contribution >= 0.6 is 11.3 Å². The van der Waals surface area contributed by atoms with Crippen molar-refractivity contribution >= 4 is 58.8 Å². The summed E-state index contributed by atoms with van der Waals surface area (Å²) in [6, 6.07) is 55.5. The Morgan fingerprint density at radius 1 is 0.417 bits per heavy atom. The Balaban J connectivity index is 1.22. The lowest BCUT2D eigenvalue weighted by Gasteiger charge is -2.12. The van der Waals surface area contributed by atoms with Gasteiger partial charge >= 0.3 is 0 Å². The average Bonchev–Trinajstić information content (AvgIpc) is 3.69. The van der Waals surface area contributed by atoms with E-state index in [0.29, 0.717) is 17.5 Å². The lowest BCUT2D eigenvalue weighted by molar-refractivity contribution is 1.08. The zero-order chi connectivity index (χ0) is 31.6. The van der Waals surface area contributed by atoms with Crippen molar-refractivity contribution in [2.45, 2.75) is 0 Å². The Labute approximate surface area is 280 Å². The molecule has 0 saturated heterocycles. The van der Waals surface area contributed by atoms with E-state index < -0.39 is 0 Å². The molecule has 224 valence electrons. The van der Waals surface area contributed by atoms with Gasteiger partial charge in [0.05, 0.1) is 15.7 Å². The Hall–Kier alpha value is -6.17. The predicted octanol–water partition coefficient (Wildman–Crippen LogP) is 11.5. The van der Waals surface area contributed by atoms with Gasteiger partial charge in [-0.05, 0) is 51.4 Å². The van der Waals surface area contributed by atoms with Crippen molar-refractivity contribution in [2.75, 3.05) is 0 Å². The molecule has 3 aromatic heterocycles. The third-order valence-electron chi connectivity index (χ3n) is 9.25. The fourth-order valence-corrected chi connectivity index (χ4v) is 8.30. The zero-order valence-electron chi connectivity index (χ0n) is 25.7. The molecule has 0 radical (unpaired) electrons. The van der Waals surface area contributed by atoms with Crippen molar-refractivity contribution < 1.29 is 0 Å². The minimum atomic E-state index is 0.647. The number of para-hydroxylation sites is 2. The second-order valence-electron chi connectivity index (χ2n) is 12.0. The first-order valence-corrected chi connectivity index (χ1v) is 16.9. The van der Waals surface area contributed by atoms with Gasteiger partial charge in [0.25, 0.3) is 0 Å². The third-order valence-corrected chi connectivity index (χ3v) is 10.4. The van der Waals surface area contributed by atoms with E-state index in [4.69, 9.17) is 15.0 Å². The van der Waals surface area contributed by atoms with Gasteiger partial charge in [-0.15, -0.1) is 11.3 Å². The molecule has 48 heavy (non-hydrogen) atoms. The van der Waals surface area contributed by atoms with Crippen LogP contribution in [-0.4, -0.2) is 19.4 Å². The molecule has 0 aliphatic rings. The molecule has 10 aromatic rings. The van der Waals surface area contributed by atoms with Crippen molar-refractivity contribution in [1.82, 2.24) is 19.4 Å². The topological polar surface area (TPSA) is 43.1 Å². The van der Waals surface area contributed by atoms with Gasteiger partial charge in [0.1, 0.15) is 4.83 Å². The van der Waals surface area contributed by atoms with E-state index in [1.165, 1.54) is 31.5 Å². The quantitative estimate of drug-likeness (QED) is 0.194. The summed E-state index contributed by atoms with van der Waals surface area (Å²) < 4.78 is 3.67. The standard InChI is InChI=1S/C43H26N4S/c1-3-18-31-27(12-1)14-10-21-33(31)41-44-40(45-42(46-41)34-22-11-15-28-13-2-4-19-32(28)34)30-17-9-16-29(26-30)39-35-20-5-6-23-36(35)47-37-24-7-8-25-38(37)48-43(39)47/h1-26H. The van der Waals surface area contributed by atoms with Gasteiger partial charge in [-0.3, -0.25) is 4.40 Å². The van der Waals surface area contributed by atoms with Gasteiger partial charge in [-0.2, -0.15) is 0 Å². The van der Waals surface area contributed by atoms with Gasteiger partial charge < -0.3 is 0 Å². The molecule has 5 heteroatoms. The normalized spacial score (nSPS) is 11.8. The van der Waals surface area contributed by atoms with E-state index in [-0.39, 0.29) is 0 Å². The van der Waals surface area contributed by atoms with Crippen molar-refractivity contribution in [2.24, 2.45) is 0 Å². The van der Waals surface area contributed by atoms with E-state index in [9.17, 15) is 0 Å². The first-order chi connectivity index (χ1) is 23.8. The molecule has 0 saturated carbocycles. The number of hydrogen-bond donors (Lipinski definition) is 0. The van der Waals surface area contributed by atoms with E-state index >= 15 is 0 Å². The number of hydrogen-bond acceptors (Lipinski definition) is 4. The van der Waals surface area contributed by atoms with Crippen LogP contribution in [0.3, 0.4) is 0 Å². The van der Waals surface area contributed by atoms with Crippen LogP contribution in [0.4, 0.5) is 0 Å². The van der Waals surface area contributed by atoms with Crippen LogP contribution in [0.15, 0.2) is 158 Å². The highest BCUT2D eigenvalue weighted by Gasteiger charge is 2.20. The van der Waals surface area contributed by atoms with Gasteiger partial charge in [-0.1, -0.05) is 133 Å². The minimum absolute atomic E-state index is 0.647. The molecule has 0 unspecified atom stereocenters. The summed E-state index contributed by atoms with van der Waals surface area (Å²) in [5.74, 6) is 1.96. The lowest BCUT2D eigenvalue weighted by Crippen LogP contribution is -2.01. The first kappa shape index (κ1) is 27.0. The summed E-state index contributed by atoms with van der Waals surface area (Å²) in [5, 5.41) is 5.76. The van der Waals surface area contributed by atoms with E-state index in [2.05, 4.69) is 162 Å². The highest BCUT2D eigenvalue weighted by atomic mass is 32.1. The minimum Gasteiger partial charge on any atom is -0.299 e. The molecule has 7 aromatic carbocycles. The highest BCUT2D eigenvalue weighted by Crippen LogP contribution is 2.43. The molecular formula is C43H26N4S. The van der Waals surface area contributed by atoms with Crippen LogP contribution in [0, 0.1) is 0 Å². The number of rotatable bonds is 4. The van der Waals surface area contributed by atoms with Crippen LogP contribution in [-0.2, 0) is 0 Å². The summed E-state index contributed by atoms with van der Waals surface area (Å²) in [7, 11) is 0. The van der Waals surface area contributed by atoms with E-state index in [0.717, 1.165) is 43.8 Å². The van der Waals surface area contributed by atoms with Crippen molar-refractivity contribution in [3.05, 3.63) is 158 Å². The Bertz CT molecular complexity index is 2750. The van der Waals surface area contributed by atoms with Crippen molar-refractivity contribution in [3.63, 3.8) is 0 Å². The molecule has 0 bridgehead atoms. The van der Waals surface area contributed by atoms with Crippen LogP contribution in [0.25, 0.3) is 92.8 Å². The SMILES string of the molecule is c1cc(-c2nc(-c3cccc4ccccc34)nc(-c3cccc4ccccc34)n2)cc(-c2c3ccccc3n3c2sc2ccccc23)c1. The molecule has 0 fully saturated rings. The summed E-state index contributed by atoms with van der Waals surface area (Å²) >= 11 is 1.83. The van der Waals surface area contributed by atoms with Gasteiger partial charge in [0.15, 0.2) is 17.5 Å². The van der Waals surface area contributed by atoms with Crippen molar-refractivity contribution in [3.8, 4) is 45.3 Å². The number of benzene rings is 7. The van der Waals surface area contributed by atoms with Crippen LogP contribution in [0.2, 0.25) is 0 Å². The Kier molecular flexibility index (Phi) is 6.01. The summed E-state index contributed by atoms with van der Waals surface area (Å²) in [4.78, 5) is 16.8. The maximum Gasteiger partial charge on any atom is 0.164 e. The molecule has 0 aliphatic heterocycles. The number of aromatic nitrogens is 4. The predicted molar refractivity (Wildman–Crippen MR) is 200 cm³/mol. The molecule has 0 atom stereocenters. The van der Waals surface area contributed by atoms with Crippen LogP contribution < -0.4 is 0 Å². The Morgan fingerprint density at radius 2 is 0.938 bits per heavy atom. The van der Waals surface area contributed by atoms with Crippen LogP contribution in [0.1, 0.15) is 0 Å². The monoisotopic (exact) mass is 630 g/mol. The first-order valence-electron chi connectivity index (χ1n) is 16.0. The lowest BCUT2D eigenvalue weighted by atomic mass is 10.0. The average molecular weight is 631 g/mol. The highest BCUT2D eigenvalue weighted by molar-refractivity contribution is 7.24. The van der Waals surface area contributed by atoms with Gasteiger partial charge in [0.2, 0.25) is 0 Å². The summed E-state index contributed by atoms with van der Waals surface area (Å²) in [6.45, 7) is 0. The molecule has 0 aliphatic carbocycles. The number of thiazole rings is 1. The molecule has 0 amide bonds. The number of nitrogens with zero attached hydrogens (tertiary/aromatic N) is 4. The fourth-order valence-electron chi connectivity index (χ4n) is 7.06. The summed E-state index contributed by atoms with van der Waals surface area (Å²) in [5.41, 5.74) is 7.72. The smallest absolute Gasteiger partial charge is 0.164 e. The van der Waals surface area contributed by atoms with Gasteiger partial charge in [0, 0.05) is 27.6 Å². The van der Waals surface area contributed by atoms with Crippen molar-refractivity contribution in [1.29, 1.82) is 0 Å². The molecule has 0 N–H and O–H groups in total. The number of fused-ring (bicyclic) bond motifs is 7. The summed E-state index contributed by atoms with van der Waals surface area (Å²) in [6.07, 6.45) is 0. The van der Waals surface area contributed by atoms with E-state index in [1.807, 2.05) is 11.3 Å². The maximum absolute atomic E-state index is 5.19. The second-order valence-corrected chi connectivity index (χ2v) is 13.1. The molecular weight excluding hydrogens is 605 g/mol. The third kappa shape index (κ3) is 4.18. The largest absolute Gasteiger partial charge is 0.299 e. The maximum atomic E-state index is 5.19. The molecule has 0 spiro atoms. The van der Waals surface area contributed by atoms with Crippen LogP contribution in [0.5, 0.6) is 0 Å². The zero-order valence-corrected chi connectivity index (χ0v) is 26.5. The fraction of sp³-hybridized carbons (Fsp3) is 0. The molecule has 4 nitrogen and oxygen atoms in total. The molecule has 10 rings (SSSR count). The van der Waals surface area contributed by atoms with Gasteiger partial charge in [-0.25, -0.2) is 15.0 Å². The second kappa shape index (κ2) is 10.7. The Morgan fingerprint density at radius 3 is 1.65 bits per heavy atom.